The van der Waals surface area contributed by atoms with Gasteiger partial charge in [0.2, 0.25) is 0 Å². The quantitative estimate of drug-likeness (QED) is 0.840. The van der Waals surface area contributed by atoms with Crippen LogP contribution >= 0.6 is 22.9 Å². The van der Waals surface area contributed by atoms with Crippen molar-refractivity contribution in [3.63, 3.8) is 0 Å². The van der Waals surface area contributed by atoms with E-state index in [2.05, 4.69) is 18.3 Å². The highest BCUT2D eigenvalue weighted by molar-refractivity contribution is 7.16. The number of hydrogen-bond acceptors (Lipinski definition) is 3. The van der Waals surface area contributed by atoms with Crippen LogP contribution in [0.4, 0.5) is 0 Å². The minimum atomic E-state index is -0.497. The molecule has 0 bridgehead atoms. The van der Waals surface area contributed by atoms with E-state index in [0.717, 1.165) is 42.5 Å². The van der Waals surface area contributed by atoms with Gasteiger partial charge in [0.05, 0.1) is 9.94 Å². The summed E-state index contributed by atoms with van der Waals surface area (Å²) in [6.07, 6.45) is 9.04. The van der Waals surface area contributed by atoms with Crippen molar-refractivity contribution in [2.45, 2.75) is 69.9 Å². The first kappa shape index (κ1) is 15.8. The van der Waals surface area contributed by atoms with Gasteiger partial charge in [-0.25, -0.2) is 0 Å². The second kappa shape index (κ2) is 6.57. The second-order valence-electron chi connectivity index (χ2n) is 6.83. The van der Waals surface area contributed by atoms with E-state index in [0.29, 0.717) is 6.04 Å². The maximum atomic E-state index is 10.8. The van der Waals surface area contributed by atoms with E-state index >= 15 is 0 Å². The average Bonchev–Trinajstić information content (AvgIpc) is 2.87. The topological polar surface area (TPSA) is 32.3 Å². The lowest BCUT2D eigenvalue weighted by molar-refractivity contribution is -0.0110. The van der Waals surface area contributed by atoms with Gasteiger partial charge >= 0.3 is 0 Å². The standard InChI is InChI=1S/C17H26ClNOS/c1-2-12-6-8-17(20,9-7-12)11-19-14-4-3-5-15-13(14)10-16(18)21-15/h10,12,14,19-20H,2-9,11H2,1H3. The molecule has 2 N–H and O–H groups in total. The van der Waals surface area contributed by atoms with Crippen LogP contribution in [-0.2, 0) is 6.42 Å². The smallest absolute Gasteiger partial charge is 0.0934 e. The van der Waals surface area contributed by atoms with E-state index in [9.17, 15) is 5.11 Å². The van der Waals surface area contributed by atoms with E-state index in [1.54, 1.807) is 11.3 Å². The van der Waals surface area contributed by atoms with Crippen molar-refractivity contribution in [1.29, 1.82) is 0 Å². The molecule has 0 amide bonds. The summed E-state index contributed by atoms with van der Waals surface area (Å²) >= 11 is 7.89. The average molecular weight is 328 g/mol. The SMILES string of the molecule is CCC1CCC(O)(CNC2CCCc3sc(Cl)cc32)CC1. The summed E-state index contributed by atoms with van der Waals surface area (Å²) in [6, 6.07) is 2.50. The molecule has 2 aliphatic rings. The monoisotopic (exact) mass is 327 g/mol. The molecular weight excluding hydrogens is 302 g/mol. The van der Waals surface area contributed by atoms with Crippen LogP contribution < -0.4 is 5.32 Å². The molecule has 3 rings (SSSR count). The maximum absolute atomic E-state index is 10.8. The lowest BCUT2D eigenvalue weighted by Gasteiger charge is -2.37. The summed E-state index contributed by atoms with van der Waals surface area (Å²) in [5, 5.41) is 14.4. The number of aliphatic hydroxyl groups is 1. The third kappa shape index (κ3) is 3.64. The molecule has 4 heteroatoms. The lowest BCUT2D eigenvalue weighted by Crippen LogP contribution is -2.44. The van der Waals surface area contributed by atoms with Crippen LogP contribution in [-0.4, -0.2) is 17.3 Å². The third-order valence-electron chi connectivity index (χ3n) is 5.37. The molecule has 1 fully saturated rings. The number of nitrogens with one attached hydrogen (secondary N) is 1. The summed E-state index contributed by atoms with van der Waals surface area (Å²) in [4.78, 5) is 1.44. The summed E-state index contributed by atoms with van der Waals surface area (Å²) < 4.78 is 0.899. The van der Waals surface area contributed by atoms with Crippen LogP contribution in [0.3, 0.4) is 0 Å². The normalized spacial score (nSPS) is 32.9. The maximum Gasteiger partial charge on any atom is 0.0934 e. The van der Waals surface area contributed by atoms with Gasteiger partial charge in [-0.2, -0.15) is 0 Å². The number of halogens is 1. The van der Waals surface area contributed by atoms with Crippen LogP contribution in [0.5, 0.6) is 0 Å². The van der Waals surface area contributed by atoms with E-state index in [1.807, 2.05) is 0 Å². The highest BCUT2D eigenvalue weighted by atomic mass is 35.5. The van der Waals surface area contributed by atoms with Crippen LogP contribution in [0, 0.1) is 5.92 Å². The first-order valence-electron chi connectivity index (χ1n) is 8.33. The Hall–Kier alpha value is -0.0900. The fraction of sp³-hybridized carbons (Fsp3) is 0.765. The molecule has 21 heavy (non-hydrogen) atoms. The molecule has 1 heterocycles. The summed E-state index contributed by atoms with van der Waals surface area (Å²) in [6.45, 7) is 2.98. The molecule has 1 aromatic rings. The van der Waals surface area contributed by atoms with E-state index in [1.165, 1.54) is 36.1 Å². The van der Waals surface area contributed by atoms with Crippen LogP contribution in [0.15, 0.2) is 6.07 Å². The van der Waals surface area contributed by atoms with Gasteiger partial charge in [0.25, 0.3) is 0 Å². The van der Waals surface area contributed by atoms with Crippen molar-refractivity contribution in [3.8, 4) is 0 Å². The minimum Gasteiger partial charge on any atom is -0.389 e. The number of rotatable bonds is 4. The molecule has 1 saturated carbocycles. The Morgan fingerprint density at radius 2 is 2.14 bits per heavy atom. The highest BCUT2D eigenvalue weighted by Crippen LogP contribution is 2.39. The Morgan fingerprint density at radius 3 is 2.86 bits per heavy atom. The molecule has 0 aromatic carbocycles. The zero-order valence-corrected chi connectivity index (χ0v) is 14.4. The highest BCUT2D eigenvalue weighted by Gasteiger charge is 2.33. The Labute approximate surface area is 136 Å². The predicted molar refractivity (Wildman–Crippen MR) is 90.2 cm³/mol. The minimum absolute atomic E-state index is 0.380. The van der Waals surface area contributed by atoms with Crippen molar-refractivity contribution < 1.29 is 5.11 Å². The molecule has 1 unspecified atom stereocenters. The molecule has 2 nitrogen and oxygen atoms in total. The summed E-state index contributed by atoms with van der Waals surface area (Å²) in [5.74, 6) is 0.822. The van der Waals surface area contributed by atoms with Gasteiger partial charge in [-0.1, -0.05) is 24.9 Å². The summed E-state index contributed by atoms with van der Waals surface area (Å²) in [7, 11) is 0. The molecule has 1 atom stereocenters. The van der Waals surface area contributed by atoms with Gasteiger partial charge in [0.15, 0.2) is 0 Å². The number of thiophene rings is 1. The van der Waals surface area contributed by atoms with Gasteiger partial charge in [0, 0.05) is 17.5 Å². The van der Waals surface area contributed by atoms with Gasteiger partial charge in [0.1, 0.15) is 0 Å². The first-order valence-corrected chi connectivity index (χ1v) is 9.53. The molecule has 0 spiro atoms. The molecule has 0 radical (unpaired) electrons. The van der Waals surface area contributed by atoms with Gasteiger partial charge < -0.3 is 10.4 Å². The molecular formula is C17H26ClNOS. The molecule has 2 aliphatic carbocycles. The fourth-order valence-electron chi connectivity index (χ4n) is 3.85. The third-order valence-corrected chi connectivity index (χ3v) is 6.71. The Balaban J connectivity index is 1.58. The number of fused-ring (bicyclic) bond motifs is 1. The van der Waals surface area contributed by atoms with Crippen molar-refractivity contribution in [1.82, 2.24) is 5.32 Å². The number of hydrogen-bond donors (Lipinski definition) is 2. The van der Waals surface area contributed by atoms with Gasteiger partial charge in [-0.15, -0.1) is 11.3 Å². The van der Waals surface area contributed by atoms with Gasteiger partial charge in [-0.05, 0) is 62.5 Å². The lowest BCUT2D eigenvalue weighted by atomic mass is 9.77. The largest absolute Gasteiger partial charge is 0.389 e. The van der Waals surface area contributed by atoms with Crippen LogP contribution in [0.1, 0.15) is 68.4 Å². The summed E-state index contributed by atoms with van der Waals surface area (Å²) in [5.41, 5.74) is 0.880. The second-order valence-corrected chi connectivity index (χ2v) is 8.60. The van der Waals surface area contributed by atoms with Gasteiger partial charge in [-0.3, -0.25) is 0 Å². The zero-order valence-electron chi connectivity index (χ0n) is 12.8. The molecule has 0 saturated heterocycles. The van der Waals surface area contributed by atoms with E-state index in [-0.39, 0.29) is 0 Å². The van der Waals surface area contributed by atoms with Crippen molar-refractivity contribution in [3.05, 3.63) is 20.8 Å². The Bertz CT molecular complexity index is 479. The first-order chi connectivity index (χ1) is 10.1. The number of aryl methyl sites for hydroxylation is 1. The Morgan fingerprint density at radius 1 is 1.38 bits per heavy atom. The fourth-order valence-corrected chi connectivity index (χ4v) is 5.23. The van der Waals surface area contributed by atoms with E-state index < -0.39 is 5.60 Å². The van der Waals surface area contributed by atoms with Crippen molar-refractivity contribution in [2.24, 2.45) is 5.92 Å². The van der Waals surface area contributed by atoms with Crippen molar-refractivity contribution in [2.75, 3.05) is 6.54 Å². The molecule has 0 aliphatic heterocycles. The van der Waals surface area contributed by atoms with Crippen molar-refractivity contribution >= 4 is 22.9 Å². The predicted octanol–water partition coefficient (Wildman–Crippen LogP) is 4.70. The zero-order chi connectivity index (χ0) is 14.9. The Kier molecular flexibility index (Phi) is 4.94. The molecule has 118 valence electrons. The van der Waals surface area contributed by atoms with Crippen LogP contribution in [0.2, 0.25) is 4.34 Å². The van der Waals surface area contributed by atoms with Crippen LogP contribution in [0.25, 0.3) is 0 Å². The molecule has 1 aromatic heterocycles. The van der Waals surface area contributed by atoms with E-state index in [4.69, 9.17) is 11.6 Å².